The molecule has 0 aromatic carbocycles. The Hall–Kier alpha value is -0.760. The molecule has 0 amide bonds. The van der Waals surface area contributed by atoms with E-state index in [2.05, 4.69) is 24.0 Å². The lowest BCUT2D eigenvalue weighted by Crippen LogP contribution is -2.53. The minimum Gasteiger partial charge on any atom is -0.375 e. The SMILES string of the molecule is CC[C@]12CCC3C(CC=C4C=C(N5CCCC5)CC[C@@H]43)C1CC[C@@]21CCCO1. The van der Waals surface area contributed by atoms with Crippen LogP contribution in [0.4, 0.5) is 0 Å². The average Bonchev–Trinajstić information content (AvgIpc) is 3.49. The summed E-state index contributed by atoms with van der Waals surface area (Å²) in [5, 5.41) is 0. The fourth-order valence-corrected chi connectivity index (χ4v) is 9.15. The highest BCUT2D eigenvalue weighted by Gasteiger charge is 2.65. The number of rotatable bonds is 2. The molecule has 6 rings (SSSR count). The second-order valence-corrected chi connectivity index (χ2v) is 10.9. The van der Waals surface area contributed by atoms with E-state index in [-0.39, 0.29) is 5.60 Å². The number of fused-ring (bicyclic) bond motifs is 6. The molecule has 6 atom stereocenters. The van der Waals surface area contributed by atoms with Crippen LogP contribution in [0, 0.1) is 29.1 Å². The Kier molecular flexibility index (Phi) is 4.27. The summed E-state index contributed by atoms with van der Waals surface area (Å²) in [7, 11) is 0. The van der Waals surface area contributed by atoms with Gasteiger partial charge in [-0.1, -0.05) is 13.0 Å². The topological polar surface area (TPSA) is 12.5 Å². The van der Waals surface area contributed by atoms with E-state index in [4.69, 9.17) is 4.74 Å². The van der Waals surface area contributed by atoms with Gasteiger partial charge < -0.3 is 9.64 Å². The van der Waals surface area contributed by atoms with Crippen LogP contribution in [0.1, 0.15) is 84.0 Å². The molecule has 0 bridgehead atoms. The molecule has 2 heterocycles. The molecule has 0 aromatic rings. The number of hydrogen-bond donors (Lipinski definition) is 0. The molecule has 2 heteroatoms. The lowest BCUT2D eigenvalue weighted by molar-refractivity contribution is -0.135. The zero-order chi connectivity index (χ0) is 18.8. The van der Waals surface area contributed by atoms with Crippen LogP contribution < -0.4 is 0 Å². The summed E-state index contributed by atoms with van der Waals surface area (Å²) in [5.41, 5.74) is 4.15. The maximum atomic E-state index is 6.59. The minimum absolute atomic E-state index is 0.261. The van der Waals surface area contributed by atoms with Crippen LogP contribution in [-0.4, -0.2) is 30.2 Å². The molecule has 2 saturated carbocycles. The Balaban J connectivity index is 1.29. The van der Waals surface area contributed by atoms with Gasteiger partial charge >= 0.3 is 0 Å². The van der Waals surface area contributed by atoms with Crippen molar-refractivity contribution in [3.63, 3.8) is 0 Å². The quantitative estimate of drug-likeness (QED) is 0.574. The molecule has 0 N–H and O–H groups in total. The van der Waals surface area contributed by atoms with E-state index in [0.29, 0.717) is 5.41 Å². The van der Waals surface area contributed by atoms with E-state index in [1.807, 2.05) is 0 Å². The highest BCUT2D eigenvalue weighted by atomic mass is 16.5. The Morgan fingerprint density at radius 1 is 1.04 bits per heavy atom. The summed E-state index contributed by atoms with van der Waals surface area (Å²) >= 11 is 0. The number of nitrogens with zero attached hydrogens (tertiary/aromatic N) is 1. The van der Waals surface area contributed by atoms with Gasteiger partial charge in [-0.25, -0.2) is 0 Å². The van der Waals surface area contributed by atoms with E-state index in [1.165, 1.54) is 90.1 Å². The fourth-order valence-electron chi connectivity index (χ4n) is 9.15. The van der Waals surface area contributed by atoms with Gasteiger partial charge in [0.15, 0.2) is 0 Å². The van der Waals surface area contributed by atoms with Crippen molar-refractivity contribution in [1.29, 1.82) is 0 Å². The van der Waals surface area contributed by atoms with Crippen molar-refractivity contribution in [2.45, 2.75) is 89.6 Å². The molecule has 2 nitrogen and oxygen atoms in total. The van der Waals surface area contributed by atoms with Gasteiger partial charge in [0.05, 0.1) is 5.60 Å². The zero-order valence-corrected chi connectivity index (χ0v) is 17.9. The summed E-state index contributed by atoms with van der Waals surface area (Å²) in [6.45, 7) is 6.12. The highest BCUT2D eigenvalue weighted by molar-refractivity contribution is 5.33. The average molecular weight is 382 g/mol. The van der Waals surface area contributed by atoms with Crippen LogP contribution in [0.15, 0.2) is 23.4 Å². The number of hydrogen-bond acceptors (Lipinski definition) is 2. The van der Waals surface area contributed by atoms with Gasteiger partial charge in [-0.05, 0) is 112 Å². The predicted octanol–water partition coefficient (Wildman–Crippen LogP) is 6.09. The standard InChI is InChI=1S/C26H39NO/c1-2-25-13-10-22-21-9-7-20(27-15-3-4-16-27)18-19(21)6-8-23(22)24(25)11-14-26(25)12-5-17-28-26/h6,18,21-24H,2-5,7-17H2,1H3/t21-,22?,23?,24?,25-,26-/m0/s1. The van der Waals surface area contributed by atoms with Crippen molar-refractivity contribution >= 4 is 0 Å². The Morgan fingerprint density at radius 2 is 1.93 bits per heavy atom. The van der Waals surface area contributed by atoms with E-state index >= 15 is 0 Å². The number of allylic oxidation sites excluding steroid dienone is 4. The zero-order valence-electron chi connectivity index (χ0n) is 17.9. The first-order chi connectivity index (χ1) is 13.8. The Labute approximate surface area is 171 Å². The first-order valence-corrected chi connectivity index (χ1v) is 12.6. The van der Waals surface area contributed by atoms with Gasteiger partial charge in [0.1, 0.15) is 0 Å². The van der Waals surface area contributed by atoms with E-state index in [0.717, 1.165) is 30.3 Å². The summed E-state index contributed by atoms with van der Waals surface area (Å²) < 4.78 is 6.59. The van der Waals surface area contributed by atoms with Gasteiger partial charge in [-0.2, -0.15) is 0 Å². The third-order valence-corrected chi connectivity index (χ3v) is 10.3. The van der Waals surface area contributed by atoms with Crippen molar-refractivity contribution in [1.82, 2.24) is 4.90 Å². The Bertz CT molecular complexity index is 681. The molecular weight excluding hydrogens is 342 g/mol. The maximum absolute atomic E-state index is 6.59. The van der Waals surface area contributed by atoms with Crippen LogP contribution in [0.2, 0.25) is 0 Å². The molecule has 6 aliphatic rings. The van der Waals surface area contributed by atoms with E-state index in [1.54, 1.807) is 11.3 Å². The minimum atomic E-state index is 0.261. The van der Waals surface area contributed by atoms with Crippen molar-refractivity contribution < 1.29 is 4.74 Å². The molecule has 1 spiro atoms. The number of likely N-dealkylation sites (tertiary alicyclic amines) is 1. The van der Waals surface area contributed by atoms with E-state index < -0.39 is 0 Å². The van der Waals surface area contributed by atoms with Crippen molar-refractivity contribution in [3.05, 3.63) is 23.4 Å². The van der Waals surface area contributed by atoms with Crippen LogP contribution >= 0.6 is 0 Å². The molecule has 2 saturated heterocycles. The molecule has 3 unspecified atom stereocenters. The van der Waals surface area contributed by atoms with Crippen LogP contribution in [0.25, 0.3) is 0 Å². The third kappa shape index (κ3) is 2.36. The second-order valence-electron chi connectivity index (χ2n) is 10.9. The maximum Gasteiger partial charge on any atom is 0.0742 e. The molecule has 0 radical (unpaired) electrons. The van der Waals surface area contributed by atoms with Gasteiger partial charge in [-0.15, -0.1) is 0 Å². The van der Waals surface area contributed by atoms with Crippen molar-refractivity contribution in [2.24, 2.45) is 29.1 Å². The lowest BCUT2D eigenvalue weighted by atomic mass is 9.50. The van der Waals surface area contributed by atoms with E-state index in [9.17, 15) is 0 Å². The third-order valence-electron chi connectivity index (χ3n) is 10.3. The Morgan fingerprint density at radius 3 is 2.71 bits per heavy atom. The van der Waals surface area contributed by atoms with Crippen LogP contribution in [0.5, 0.6) is 0 Å². The van der Waals surface area contributed by atoms with Crippen molar-refractivity contribution in [3.8, 4) is 0 Å². The molecule has 0 aromatic heterocycles. The summed E-state index contributed by atoms with van der Waals surface area (Å²) in [4.78, 5) is 2.68. The van der Waals surface area contributed by atoms with Gasteiger partial charge in [0, 0.05) is 30.8 Å². The molecule has 154 valence electrons. The molecule has 4 aliphatic carbocycles. The first-order valence-electron chi connectivity index (χ1n) is 12.6. The van der Waals surface area contributed by atoms with Gasteiger partial charge in [0.25, 0.3) is 0 Å². The predicted molar refractivity (Wildman–Crippen MR) is 114 cm³/mol. The summed E-state index contributed by atoms with van der Waals surface area (Å²) in [6.07, 6.45) is 21.9. The monoisotopic (exact) mass is 381 g/mol. The lowest BCUT2D eigenvalue weighted by Gasteiger charge is -2.56. The van der Waals surface area contributed by atoms with Gasteiger partial charge in [0.2, 0.25) is 0 Å². The number of ether oxygens (including phenoxy) is 1. The van der Waals surface area contributed by atoms with Crippen LogP contribution in [-0.2, 0) is 4.74 Å². The fraction of sp³-hybridized carbons (Fsp3) is 0.846. The largest absolute Gasteiger partial charge is 0.375 e. The second kappa shape index (κ2) is 6.62. The summed E-state index contributed by atoms with van der Waals surface area (Å²) in [5.74, 6) is 3.68. The molecular formula is C26H39NO. The first kappa shape index (κ1) is 18.0. The highest BCUT2D eigenvalue weighted by Crippen LogP contribution is 2.68. The summed E-state index contributed by atoms with van der Waals surface area (Å²) in [6, 6.07) is 0. The van der Waals surface area contributed by atoms with Gasteiger partial charge in [-0.3, -0.25) is 0 Å². The molecule has 4 fully saturated rings. The normalized spacial score (nSPS) is 47.5. The van der Waals surface area contributed by atoms with Crippen molar-refractivity contribution in [2.75, 3.05) is 19.7 Å². The molecule has 28 heavy (non-hydrogen) atoms. The smallest absolute Gasteiger partial charge is 0.0742 e. The van der Waals surface area contributed by atoms with Crippen LogP contribution in [0.3, 0.4) is 0 Å². The molecule has 2 aliphatic heterocycles.